The van der Waals surface area contributed by atoms with Gasteiger partial charge in [-0.05, 0) is 24.6 Å². The third kappa shape index (κ3) is 2.90. The Bertz CT molecular complexity index is 608. The van der Waals surface area contributed by atoms with Crippen molar-refractivity contribution in [2.75, 3.05) is 13.2 Å². The van der Waals surface area contributed by atoms with Crippen molar-refractivity contribution in [1.82, 2.24) is 19.3 Å². The number of hydrogen-bond acceptors (Lipinski definition) is 3. The molecule has 2 aromatic rings. The minimum absolute atomic E-state index is 0.558. The predicted octanol–water partition coefficient (Wildman–Crippen LogP) is 2.67. The molecule has 0 atom stereocenters. The van der Waals surface area contributed by atoms with Crippen molar-refractivity contribution in [1.29, 1.82) is 0 Å². The molecule has 0 amide bonds. The Labute approximate surface area is 118 Å². The van der Waals surface area contributed by atoms with E-state index in [1.165, 1.54) is 0 Å². The zero-order valence-electron chi connectivity index (χ0n) is 12.1. The van der Waals surface area contributed by atoms with E-state index >= 15 is 0 Å². The number of rotatable bonds is 6. The maximum absolute atomic E-state index is 5.63. The molecule has 0 fully saturated rings. The molecule has 0 unspecified atom stereocenters. The second kappa shape index (κ2) is 5.88. The van der Waals surface area contributed by atoms with Gasteiger partial charge in [-0.1, -0.05) is 20.8 Å². The lowest BCUT2D eigenvalue weighted by Gasteiger charge is -2.08. The van der Waals surface area contributed by atoms with Gasteiger partial charge in [0.05, 0.1) is 18.8 Å². The zero-order valence-corrected chi connectivity index (χ0v) is 12.9. The van der Waals surface area contributed by atoms with E-state index in [-0.39, 0.29) is 0 Å². The van der Waals surface area contributed by atoms with Gasteiger partial charge in [-0.15, -0.1) is 0 Å². The fourth-order valence-electron chi connectivity index (χ4n) is 2.21. The third-order valence-electron chi connectivity index (χ3n) is 3.07. The summed E-state index contributed by atoms with van der Waals surface area (Å²) in [4.78, 5) is 3.26. The van der Waals surface area contributed by atoms with E-state index in [1.807, 2.05) is 11.7 Å². The van der Waals surface area contributed by atoms with Crippen molar-refractivity contribution in [2.45, 2.75) is 33.7 Å². The van der Waals surface area contributed by atoms with Gasteiger partial charge in [-0.2, -0.15) is 5.10 Å². The highest BCUT2D eigenvalue weighted by Crippen LogP contribution is 2.18. The highest BCUT2D eigenvalue weighted by atomic mass is 32.1. The van der Waals surface area contributed by atoms with Gasteiger partial charge < -0.3 is 9.72 Å². The highest BCUT2D eigenvalue weighted by Gasteiger charge is 2.13. The average molecular weight is 282 g/mol. The third-order valence-corrected chi connectivity index (χ3v) is 3.39. The van der Waals surface area contributed by atoms with E-state index in [1.54, 1.807) is 0 Å². The van der Waals surface area contributed by atoms with E-state index in [0.29, 0.717) is 12.5 Å². The Hall–Kier alpha value is -1.14. The van der Waals surface area contributed by atoms with Crippen molar-refractivity contribution in [3.63, 3.8) is 0 Å². The van der Waals surface area contributed by atoms with Gasteiger partial charge in [-0.3, -0.25) is 9.25 Å². The molecule has 0 radical (unpaired) electrons. The topological polar surface area (TPSA) is 47.8 Å². The van der Waals surface area contributed by atoms with Gasteiger partial charge in [0.1, 0.15) is 5.52 Å². The summed E-state index contributed by atoms with van der Waals surface area (Å²) in [7, 11) is 1.95. The minimum atomic E-state index is 0.558. The SMILES string of the molecule is CCc1nn(C)c2c1[nH]c(=S)n2CCOCC(C)C. The summed E-state index contributed by atoms with van der Waals surface area (Å²) in [5.41, 5.74) is 3.17. The maximum atomic E-state index is 5.63. The average Bonchev–Trinajstić information content (AvgIpc) is 2.83. The minimum Gasteiger partial charge on any atom is -0.379 e. The van der Waals surface area contributed by atoms with Gasteiger partial charge in [0.2, 0.25) is 0 Å². The molecule has 0 aromatic carbocycles. The van der Waals surface area contributed by atoms with Crippen LogP contribution in [-0.2, 0) is 24.8 Å². The first kappa shape index (κ1) is 14.3. The molecule has 2 rings (SSSR count). The zero-order chi connectivity index (χ0) is 14.0. The molecule has 0 spiro atoms. The first-order chi connectivity index (χ1) is 9.04. The van der Waals surface area contributed by atoms with Crippen LogP contribution in [-0.4, -0.2) is 32.5 Å². The van der Waals surface area contributed by atoms with Gasteiger partial charge in [0.15, 0.2) is 10.4 Å². The molecule has 0 aliphatic rings. The monoisotopic (exact) mass is 282 g/mol. The summed E-state index contributed by atoms with van der Waals surface area (Å²) in [5.74, 6) is 0.558. The number of nitrogens with zero attached hydrogens (tertiary/aromatic N) is 3. The molecule has 0 saturated heterocycles. The second-order valence-corrected chi connectivity index (χ2v) is 5.56. The Morgan fingerprint density at radius 2 is 2.16 bits per heavy atom. The van der Waals surface area contributed by atoms with Crippen LogP contribution in [0.15, 0.2) is 0 Å². The molecule has 0 saturated carbocycles. The Kier molecular flexibility index (Phi) is 4.42. The van der Waals surface area contributed by atoms with Gasteiger partial charge in [0, 0.05) is 13.7 Å². The summed E-state index contributed by atoms with van der Waals surface area (Å²) in [6, 6.07) is 0. The second-order valence-electron chi connectivity index (χ2n) is 5.17. The first-order valence-corrected chi connectivity index (χ1v) is 7.17. The van der Waals surface area contributed by atoms with Crippen LogP contribution in [0.4, 0.5) is 0 Å². The van der Waals surface area contributed by atoms with Crippen LogP contribution in [0.3, 0.4) is 0 Å². The molecule has 0 bridgehead atoms. The summed E-state index contributed by atoms with van der Waals surface area (Å²) in [5, 5.41) is 4.50. The molecule has 0 aliphatic heterocycles. The van der Waals surface area contributed by atoms with E-state index in [9.17, 15) is 0 Å². The largest absolute Gasteiger partial charge is 0.379 e. The van der Waals surface area contributed by atoms with Crippen LogP contribution in [0.25, 0.3) is 11.2 Å². The molecule has 0 aliphatic carbocycles. The van der Waals surface area contributed by atoms with Gasteiger partial charge in [-0.25, -0.2) is 0 Å². The lowest BCUT2D eigenvalue weighted by Crippen LogP contribution is -2.11. The molecule has 2 heterocycles. The molecule has 5 nitrogen and oxygen atoms in total. The molecular formula is C13H22N4OS. The van der Waals surface area contributed by atoms with Gasteiger partial charge >= 0.3 is 0 Å². The van der Waals surface area contributed by atoms with Crippen LogP contribution >= 0.6 is 12.2 Å². The number of aromatic amines is 1. The van der Waals surface area contributed by atoms with Gasteiger partial charge in [0.25, 0.3) is 0 Å². The molecule has 106 valence electrons. The van der Waals surface area contributed by atoms with Crippen molar-refractivity contribution in [3.8, 4) is 0 Å². The Balaban J connectivity index is 2.20. The smallest absolute Gasteiger partial charge is 0.179 e. The summed E-state index contributed by atoms with van der Waals surface area (Å²) >= 11 is 5.39. The summed E-state index contributed by atoms with van der Waals surface area (Å²) in [6.07, 6.45) is 0.899. The lowest BCUT2D eigenvalue weighted by molar-refractivity contribution is 0.103. The van der Waals surface area contributed by atoms with Crippen molar-refractivity contribution >= 4 is 23.4 Å². The Morgan fingerprint density at radius 1 is 1.42 bits per heavy atom. The van der Waals surface area contributed by atoms with Crippen LogP contribution < -0.4 is 0 Å². The standard InChI is InChI=1S/C13H22N4OS/c1-5-10-11-12(16(4)15-10)17(13(19)14-11)6-7-18-8-9(2)3/h9H,5-8H2,1-4H3,(H,14,19). The van der Waals surface area contributed by atoms with Crippen LogP contribution in [0.2, 0.25) is 0 Å². The highest BCUT2D eigenvalue weighted by molar-refractivity contribution is 7.71. The predicted molar refractivity (Wildman–Crippen MR) is 78.9 cm³/mol. The quantitative estimate of drug-likeness (QED) is 0.654. The summed E-state index contributed by atoms with van der Waals surface area (Å²) < 4.78 is 10.3. The number of aromatic nitrogens is 4. The van der Waals surface area contributed by atoms with Crippen LogP contribution in [0, 0.1) is 10.7 Å². The number of H-pyrrole nitrogens is 1. The number of imidazole rings is 1. The number of fused-ring (bicyclic) bond motifs is 1. The molecule has 2 aromatic heterocycles. The molecule has 19 heavy (non-hydrogen) atoms. The van der Waals surface area contributed by atoms with E-state index < -0.39 is 0 Å². The molecular weight excluding hydrogens is 260 g/mol. The number of aryl methyl sites for hydroxylation is 2. The normalized spacial score (nSPS) is 11.8. The number of hydrogen-bond donors (Lipinski definition) is 1. The summed E-state index contributed by atoms with van der Waals surface area (Å²) in [6.45, 7) is 8.61. The van der Waals surface area contributed by atoms with Crippen molar-refractivity contribution in [3.05, 3.63) is 10.5 Å². The fraction of sp³-hybridized carbons (Fsp3) is 0.692. The maximum Gasteiger partial charge on any atom is 0.179 e. The molecule has 6 heteroatoms. The van der Waals surface area contributed by atoms with E-state index in [4.69, 9.17) is 17.0 Å². The number of ether oxygens (including phenoxy) is 1. The van der Waals surface area contributed by atoms with E-state index in [0.717, 1.165) is 41.2 Å². The van der Waals surface area contributed by atoms with E-state index in [2.05, 4.69) is 35.4 Å². The van der Waals surface area contributed by atoms with Crippen LogP contribution in [0.5, 0.6) is 0 Å². The van der Waals surface area contributed by atoms with Crippen molar-refractivity contribution < 1.29 is 4.74 Å². The fourth-order valence-corrected chi connectivity index (χ4v) is 2.49. The molecule has 1 N–H and O–H groups in total. The van der Waals surface area contributed by atoms with Crippen molar-refractivity contribution in [2.24, 2.45) is 13.0 Å². The lowest BCUT2D eigenvalue weighted by atomic mass is 10.2. The first-order valence-electron chi connectivity index (χ1n) is 6.76. The Morgan fingerprint density at radius 3 is 2.79 bits per heavy atom. The van der Waals surface area contributed by atoms with Crippen LogP contribution in [0.1, 0.15) is 26.5 Å². The number of nitrogens with one attached hydrogen (secondary N) is 1.